The molecule has 1 aromatic rings. The van der Waals surface area contributed by atoms with E-state index in [9.17, 15) is 0 Å². The number of hydrogen-bond acceptors (Lipinski definition) is 3. The summed E-state index contributed by atoms with van der Waals surface area (Å²) in [6.07, 6.45) is 3.48. The van der Waals surface area contributed by atoms with Gasteiger partial charge in [-0.2, -0.15) is 0 Å². The largest absolute Gasteiger partial charge is 0.383 e. The molecule has 0 fully saturated rings. The Kier molecular flexibility index (Phi) is 2.76. The van der Waals surface area contributed by atoms with E-state index in [1.54, 1.807) is 19.5 Å². The van der Waals surface area contributed by atoms with Crippen LogP contribution >= 0.6 is 0 Å². The number of methoxy groups -OCH3 is 1. The van der Waals surface area contributed by atoms with Crippen molar-refractivity contribution >= 4 is 5.95 Å². The Labute approximate surface area is 59.6 Å². The van der Waals surface area contributed by atoms with Crippen molar-refractivity contribution < 1.29 is 4.74 Å². The lowest BCUT2D eigenvalue weighted by Crippen LogP contribution is -2.08. The number of aromatic nitrogens is 2. The third kappa shape index (κ3) is 2.06. The van der Waals surface area contributed by atoms with Crippen molar-refractivity contribution in [3.63, 3.8) is 0 Å². The maximum Gasteiger partial charge on any atom is 0.200 e. The number of anilines is 1. The second-order valence-corrected chi connectivity index (χ2v) is 1.86. The van der Waals surface area contributed by atoms with Gasteiger partial charge in [0.25, 0.3) is 0 Å². The van der Waals surface area contributed by atoms with Gasteiger partial charge in [0, 0.05) is 26.0 Å². The number of hydrogen-bond donors (Lipinski definition) is 2. The van der Waals surface area contributed by atoms with Crippen LogP contribution in [-0.4, -0.2) is 30.2 Å². The lowest BCUT2D eigenvalue weighted by Gasteiger charge is -1.99. The highest BCUT2D eigenvalue weighted by molar-refractivity contribution is 5.22. The van der Waals surface area contributed by atoms with Crippen LogP contribution in [-0.2, 0) is 4.74 Å². The molecule has 4 nitrogen and oxygen atoms in total. The lowest BCUT2D eigenvalue weighted by molar-refractivity contribution is 0.210. The lowest BCUT2D eigenvalue weighted by atomic mass is 10.7. The second-order valence-electron chi connectivity index (χ2n) is 1.86. The van der Waals surface area contributed by atoms with Crippen molar-refractivity contribution in [1.29, 1.82) is 0 Å². The molecule has 0 aromatic carbocycles. The molecule has 0 saturated carbocycles. The Hall–Kier alpha value is -1.03. The fraction of sp³-hybridized carbons (Fsp3) is 0.500. The summed E-state index contributed by atoms with van der Waals surface area (Å²) in [7, 11) is 1.67. The molecule has 56 valence electrons. The van der Waals surface area contributed by atoms with Crippen molar-refractivity contribution in [2.45, 2.75) is 0 Å². The van der Waals surface area contributed by atoms with E-state index >= 15 is 0 Å². The average molecular weight is 141 g/mol. The molecule has 0 aliphatic rings. The van der Waals surface area contributed by atoms with E-state index < -0.39 is 0 Å². The Bertz CT molecular complexity index is 162. The molecule has 1 rings (SSSR count). The Morgan fingerprint density at radius 1 is 1.80 bits per heavy atom. The number of aromatic amines is 1. The highest BCUT2D eigenvalue weighted by Crippen LogP contribution is 1.92. The number of ether oxygens (including phenoxy) is 1. The van der Waals surface area contributed by atoms with Gasteiger partial charge in [0.05, 0.1) is 6.61 Å². The molecule has 0 aliphatic heterocycles. The molecule has 0 bridgehead atoms. The summed E-state index contributed by atoms with van der Waals surface area (Å²) in [5.41, 5.74) is 0. The normalized spacial score (nSPS) is 9.70. The molecular formula is C6H11N3O. The molecule has 4 heteroatoms. The predicted octanol–water partition coefficient (Wildman–Crippen LogP) is 0.468. The molecule has 10 heavy (non-hydrogen) atoms. The van der Waals surface area contributed by atoms with Crippen LogP contribution in [0.5, 0.6) is 0 Å². The minimum atomic E-state index is 0.695. The second kappa shape index (κ2) is 3.90. The van der Waals surface area contributed by atoms with Crippen molar-refractivity contribution in [3.05, 3.63) is 12.4 Å². The van der Waals surface area contributed by atoms with E-state index in [-0.39, 0.29) is 0 Å². The Balaban J connectivity index is 2.15. The van der Waals surface area contributed by atoms with E-state index in [1.807, 2.05) is 0 Å². The molecule has 0 saturated heterocycles. The predicted molar refractivity (Wildman–Crippen MR) is 39.0 cm³/mol. The molecule has 0 spiro atoms. The SMILES string of the molecule is COCCNc1ncc[nH]1. The highest BCUT2D eigenvalue weighted by Gasteiger charge is 1.88. The van der Waals surface area contributed by atoms with Gasteiger partial charge in [-0.05, 0) is 0 Å². The van der Waals surface area contributed by atoms with Crippen molar-refractivity contribution in [2.24, 2.45) is 0 Å². The zero-order valence-corrected chi connectivity index (χ0v) is 5.92. The first-order valence-corrected chi connectivity index (χ1v) is 3.15. The summed E-state index contributed by atoms with van der Waals surface area (Å²) in [5.74, 6) is 0.789. The van der Waals surface area contributed by atoms with Crippen LogP contribution < -0.4 is 5.32 Å². The molecule has 2 N–H and O–H groups in total. The average Bonchev–Trinajstić information content (AvgIpc) is 2.41. The van der Waals surface area contributed by atoms with Crippen LogP contribution in [0, 0.1) is 0 Å². The third-order valence-electron chi connectivity index (χ3n) is 1.10. The van der Waals surface area contributed by atoms with Gasteiger partial charge in [-0.1, -0.05) is 0 Å². The Morgan fingerprint density at radius 2 is 2.70 bits per heavy atom. The molecule has 1 heterocycles. The summed E-state index contributed by atoms with van der Waals surface area (Å²) in [6, 6.07) is 0. The number of H-pyrrole nitrogens is 1. The van der Waals surface area contributed by atoms with Crippen molar-refractivity contribution in [2.75, 3.05) is 25.6 Å². The minimum absolute atomic E-state index is 0.695. The van der Waals surface area contributed by atoms with Gasteiger partial charge in [0.15, 0.2) is 5.95 Å². The van der Waals surface area contributed by atoms with E-state index in [0.29, 0.717) is 6.61 Å². The van der Waals surface area contributed by atoms with Gasteiger partial charge >= 0.3 is 0 Å². The zero-order chi connectivity index (χ0) is 7.23. The van der Waals surface area contributed by atoms with Crippen LogP contribution in [0.2, 0.25) is 0 Å². The molecule has 0 aliphatic carbocycles. The molecular weight excluding hydrogens is 130 g/mol. The minimum Gasteiger partial charge on any atom is -0.383 e. The first-order valence-electron chi connectivity index (χ1n) is 3.15. The van der Waals surface area contributed by atoms with Gasteiger partial charge in [-0.3, -0.25) is 0 Å². The van der Waals surface area contributed by atoms with Crippen LogP contribution in [0.3, 0.4) is 0 Å². The van der Waals surface area contributed by atoms with Gasteiger partial charge in [-0.25, -0.2) is 4.98 Å². The quantitative estimate of drug-likeness (QED) is 0.599. The molecule has 1 aromatic heterocycles. The molecule has 0 radical (unpaired) electrons. The van der Waals surface area contributed by atoms with Gasteiger partial charge in [-0.15, -0.1) is 0 Å². The zero-order valence-electron chi connectivity index (χ0n) is 5.92. The summed E-state index contributed by atoms with van der Waals surface area (Å²) in [4.78, 5) is 6.88. The number of rotatable bonds is 4. The smallest absolute Gasteiger partial charge is 0.200 e. The van der Waals surface area contributed by atoms with E-state index in [1.165, 1.54) is 0 Å². The van der Waals surface area contributed by atoms with Crippen molar-refractivity contribution in [3.8, 4) is 0 Å². The number of nitrogens with zero attached hydrogens (tertiary/aromatic N) is 1. The van der Waals surface area contributed by atoms with Crippen LogP contribution in [0.25, 0.3) is 0 Å². The summed E-state index contributed by atoms with van der Waals surface area (Å²) in [6.45, 7) is 1.48. The van der Waals surface area contributed by atoms with Crippen LogP contribution in [0.15, 0.2) is 12.4 Å². The van der Waals surface area contributed by atoms with Gasteiger partial charge < -0.3 is 15.0 Å². The summed E-state index contributed by atoms with van der Waals surface area (Å²) >= 11 is 0. The molecule has 0 amide bonds. The van der Waals surface area contributed by atoms with E-state index in [4.69, 9.17) is 4.74 Å². The van der Waals surface area contributed by atoms with Crippen molar-refractivity contribution in [1.82, 2.24) is 9.97 Å². The fourth-order valence-corrected chi connectivity index (χ4v) is 0.633. The van der Waals surface area contributed by atoms with E-state index in [2.05, 4.69) is 15.3 Å². The maximum absolute atomic E-state index is 4.84. The first-order chi connectivity index (χ1) is 4.93. The maximum atomic E-state index is 4.84. The standard InChI is InChI=1S/C6H11N3O/c1-10-5-4-9-6-7-2-3-8-6/h2-3H,4-5H2,1H3,(H2,7,8,9). The summed E-state index contributed by atoms with van der Waals surface area (Å²) < 4.78 is 4.84. The monoisotopic (exact) mass is 141 g/mol. The number of imidazole rings is 1. The van der Waals surface area contributed by atoms with Crippen LogP contribution in [0.4, 0.5) is 5.95 Å². The molecule has 0 atom stereocenters. The third-order valence-corrected chi connectivity index (χ3v) is 1.10. The Morgan fingerprint density at radius 3 is 3.30 bits per heavy atom. The number of nitrogens with one attached hydrogen (secondary N) is 2. The topological polar surface area (TPSA) is 49.9 Å². The highest BCUT2D eigenvalue weighted by atomic mass is 16.5. The van der Waals surface area contributed by atoms with Gasteiger partial charge in [0.1, 0.15) is 0 Å². The van der Waals surface area contributed by atoms with E-state index in [0.717, 1.165) is 12.5 Å². The van der Waals surface area contributed by atoms with Crippen LogP contribution in [0.1, 0.15) is 0 Å². The van der Waals surface area contributed by atoms with Gasteiger partial charge in [0.2, 0.25) is 0 Å². The molecule has 0 unspecified atom stereocenters. The fourth-order valence-electron chi connectivity index (χ4n) is 0.633. The summed E-state index contributed by atoms with van der Waals surface area (Å²) in [5, 5.41) is 3.03. The first kappa shape index (κ1) is 7.08.